The summed E-state index contributed by atoms with van der Waals surface area (Å²) in [6.07, 6.45) is 5.82. The number of nitrogens with zero attached hydrogens (tertiary/aromatic N) is 4. The summed E-state index contributed by atoms with van der Waals surface area (Å²) in [5, 5.41) is 11.0. The molecular weight excluding hydrogens is 479 g/mol. The van der Waals surface area contributed by atoms with E-state index in [9.17, 15) is 0 Å². The van der Waals surface area contributed by atoms with Crippen LogP contribution in [0.1, 0.15) is 39.2 Å². The normalized spacial score (nSPS) is 20.1. The molecule has 1 saturated heterocycles. The number of guanidine groups is 1. The summed E-state index contributed by atoms with van der Waals surface area (Å²) in [6, 6.07) is 8.24. The third-order valence-corrected chi connectivity index (χ3v) is 5.13. The number of aliphatic imine (C=N–C) groups is 1. The molecule has 2 unspecified atom stereocenters. The van der Waals surface area contributed by atoms with Crippen LogP contribution in [-0.2, 0) is 11.3 Å². The Balaban J connectivity index is 0.00000300. The minimum absolute atomic E-state index is 0. The summed E-state index contributed by atoms with van der Waals surface area (Å²) in [4.78, 5) is 8.34. The summed E-state index contributed by atoms with van der Waals surface area (Å²) in [6.45, 7) is 9.22. The van der Waals surface area contributed by atoms with Gasteiger partial charge < -0.3 is 15.4 Å². The average molecular weight is 512 g/mol. The monoisotopic (exact) mass is 512 g/mol. The maximum atomic E-state index is 6.08. The zero-order valence-corrected chi connectivity index (χ0v) is 20.1. The number of hydrogen-bond acceptors (Lipinski definition) is 4. The van der Waals surface area contributed by atoms with E-state index >= 15 is 0 Å². The van der Waals surface area contributed by atoms with Crippen molar-refractivity contribution in [2.75, 3.05) is 20.2 Å². The van der Waals surface area contributed by atoms with Crippen LogP contribution >= 0.6 is 24.0 Å². The third kappa shape index (κ3) is 6.67. The van der Waals surface area contributed by atoms with Crippen LogP contribution in [0.2, 0.25) is 0 Å². The van der Waals surface area contributed by atoms with E-state index in [1.54, 1.807) is 11.0 Å². The first-order chi connectivity index (χ1) is 13.5. The second kappa shape index (κ2) is 10.9. The predicted molar refractivity (Wildman–Crippen MR) is 127 cm³/mol. The van der Waals surface area contributed by atoms with Gasteiger partial charge in [-0.15, -0.1) is 24.0 Å². The molecule has 3 rings (SSSR count). The van der Waals surface area contributed by atoms with Gasteiger partial charge in [-0.1, -0.05) is 32.9 Å². The van der Waals surface area contributed by atoms with Crippen LogP contribution in [0.25, 0.3) is 5.69 Å². The topological polar surface area (TPSA) is 76.4 Å². The molecule has 0 amide bonds. The minimum atomic E-state index is 0. The predicted octanol–water partition coefficient (Wildman–Crippen LogP) is 3.39. The summed E-state index contributed by atoms with van der Waals surface area (Å²) in [7, 11) is 1.81. The minimum Gasteiger partial charge on any atom is -0.377 e. The first kappa shape index (κ1) is 23.6. The molecule has 160 valence electrons. The van der Waals surface area contributed by atoms with Crippen molar-refractivity contribution in [2.45, 2.75) is 46.3 Å². The molecule has 1 aromatic carbocycles. The van der Waals surface area contributed by atoms with E-state index in [-0.39, 0.29) is 35.5 Å². The molecule has 2 atom stereocenters. The van der Waals surface area contributed by atoms with Crippen molar-refractivity contribution < 1.29 is 4.74 Å². The molecule has 0 radical (unpaired) electrons. The van der Waals surface area contributed by atoms with Gasteiger partial charge in [0.1, 0.15) is 12.7 Å². The molecule has 1 fully saturated rings. The molecular formula is C21H33IN6O. The van der Waals surface area contributed by atoms with Crippen molar-refractivity contribution in [2.24, 2.45) is 16.3 Å². The van der Waals surface area contributed by atoms with Crippen molar-refractivity contribution in [1.82, 2.24) is 25.4 Å². The number of ether oxygens (including phenoxy) is 1. The first-order valence-corrected chi connectivity index (χ1v) is 9.97. The molecule has 2 N–H and O–H groups in total. The summed E-state index contributed by atoms with van der Waals surface area (Å²) >= 11 is 0. The van der Waals surface area contributed by atoms with Gasteiger partial charge in [0.15, 0.2) is 5.96 Å². The SMILES string of the molecule is CN=C(NCc1ccc(-n2cncn2)cc1)NCC1CCCOC1C(C)(C)C.I. The van der Waals surface area contributed by atoms with Gasteiger partial charge in [0.2, 0.25) is 0 Å². The second-order valence-corrected chi connectivity index (χ2v) is 8.37. The van der Waals surface area contributed by atoms with Gasteiger partial charge >= 0.3 is 0 Å². The molecule has 29 heavy (non-hydrogen) atoms. The van der Waals surface area contributed by atoms with Gasteiger partial charge in [0.25, 0.3) is 0 Å². The fraction of sp³-hybridized carbons (Fsp3) is 0.571. The third-order valence-electron chi connectivity index (χ3n) is 5.13. The van der Waals surface area contributed by atoms with Crippen LogP contribution in [0, 0.1) is 11.3 Å². The van der Waals surface area contributed by atoms with E-state index in [2.05, 4.69) is 58.6 Å². The molecule has 1 aliphatic heterocycles. The lowest BCUT2D eigenvalue weighted by Crippen LogP contribution is -2.47. The molecule has 2 aromatic rings. The molecule has 8 heteroatoms. The number of benzene rings is 1. The van der Waals surface area contributed by atoms with Crippen molar-refractivity contribution in [3.63, 3.8) is 0 Å². The van der Waals surface area contributed by atoms with E-state index in [0.29, 0.717) is 12.5 Å². The Kier molecular flexibility index (Phi) is 8.88. The maximum Gasteiger partial charge on any atom is 0.191 e. The molecule has 0 bridgehead atoms. The Hall–Kier alpha value is -1.68. The van der Waals surface area contributed by atoms with Crippen molar-refractivity contribution >= 4 is 29.9 Å². The highest BCUT2D eigenvalue weighted by atomic mass is 127. The zero-order valence-electron chi connectivity index (χ0n) is 17.8. The van der Waals surface area contributed by atoms with Crippen molar-refractivity contribution in [1.29, 1.82) is 0 Å². The fourth-order valence-electron chi connectivity index (χ4n) is 3.75. The molecule has 2 heterocycles. The highest BCUT2D eigenvalue weighted by Crippen LogP contribution is 2.33. The highest BCUT2D eigenvalue weighted by molar-refractivity contribution is 14.0. The zero-order chi connectivity index (χ0) is 20.0. The molecule has 1 aromatic heterocycles. The first-order valence-electron chi connectivity index (χ1n) is 9.97. The Bertz CT molecular complexity index is 754. The number of nitrogens with one attached hydrogen (secondary N) is 2. The Labute approximate surface area is 190 Å². The van der Waals surface area contributed by atoms with E-state index in [4.69, 9.17) is 4.74 Å². The molecule has 0 saturated carbocycles. The second-order valence-electron chi connectivity index (χ2n) is 8.37. The Morgan fingerprint density at radius 1 is 1.24 bits per heavy atom. The number of aromatic nitrogens is 3. The van der Waals surface area contributed by atoms with Gasteiger partial charge in [-0.25, -0.2) is 9.67 Å². The van der Waals surface area contributed by atoms with Crippen LogP contribution in [0.4, 0.5) is 0 Å². The average Bonchev–Trinajstić information content (AvgIpc) is 3.23. The van der Waals surface area contributed by atoms with E-state index < -0.39 is 0 Å². The largest absolute Gasteiger partial charge is 0.377 e. The van der Waals surface area contributed by atoms with Crippen LogP contribution in [0.5, 0.6) is 0 Å². The lowest BCUT2D eigenvalue weighted by atomic mass is 9.78. The molecule has 1 aliphatic rings. The summed E-state index contributed by atoms with van der Waals surface area (Å²) in [5.41, 5.74) is 2.32. The van der Waals surface area contributed by atoms with Gasteiger partial charge in [0.05, 0.1) is 11.8 Å². The van der Waals surface area contributed by atoms with E-state index in [1.807, 2.05) is 19.2 Å². The van der Waals surface area contributed by atoms with E-state index in [1.165, 1.54) is 18.3 Å². The van der Waals surface area contributed by atoms with Crippen LogP contribution < -0.4 is 10.6 Å². The van der Waals surface area contributed by atoms with Crippen LogP contribution in [0.15, 0.2) is 41.9 Å². The lowest BCUT2D eigenvalue weighted by Gasteiger charge is -2.40. The molecule has 0 spiro atoms. The quantitative estimate of drug-likeness (QED) is 0.365. The smallest absolute Gasteiger partial charge is 0.191 e. The molecule has 0 aliphatic carbocycles. The number of halogens is 1. The van der Waals surface area contributed by atoms with Gasteiger partial charge in [-0.05, 0) is 36.0 Å². The van der Waals surface area contributed by atoms with Gasteiger partial charge in [0, 0.05) is 32.7 Å². The van der Waals surface area contributed by atoms with Crippen molar-refractivity contribution in [3.05, 3.63) is 42.5 Å². The fourth-order valence-corrected chi connectivity index (χ4v) is 3.75. The maximum absolute atomic E-state index is 6.08. The van der Waals surface area contributed by atoms with Crippen molar-refractivity contribution in [3.8, 4) is 5.69 Å². The lowest BCUT2D eigenvalue weighted by molar-refractivity contribution is -0.0835. The molecule has 7 nitrogen and oxygen atoms in total. The number of hydrogen-bond donors (Lipinski definition) is 2. The van der Waals surface area contributed by atoms with Gasteiger partial charge in [-0.2, -0.15) is 5.10 Å². The van der Waals surface area contributed by atoms with Crippen LogP contribution in [0.3, 0.4) is 0 Å². The van der Waals surface area contributed by atoms with Gasteiger partial charge in [-0.3, -0.25) is 4.99 Å². The Morgan fingerprint density at radius 3 is 2.62 bits per heavy atom. The summed E-state index contributed by atoms with van der Waals surface area (Å²) < 4.78 is 7.83. The Morgan fingerprint density at radius 2 is 2.00 bits per heavy atom. The standard InChI is InChI=1S/C21H32N6O.HI/c1-21(2,3)19-17(6-5-11-28-19)13-25-20(22-4)24-12-16-7-9-18(10-8-16)27-15-23-14-26-27;/h7-10,14-15,17,19H,5-6,11-13H2,1-4H3,(H2,22,24,25);1H. The highest BCUT2D eigenvalue weighted by Gasteiger charge is 2.35. The number of rotatable bonds is 5. The summed E-state index contributed by atoms with van der Waals surface area (Å²) in [5.74, 6) is 1.31. The van der Waals surface area contributed by atoms with E-state index in [0.717, 1.165) is 31.2 Å². The van der Waals surface area contributed by atoms with Crippen LogP contribution in [-0.4, -0.2) is 47.0 Å².